The Bertz CT molecular complexity index is 1810. The minimum absolute atomic E-state index is 0.00906. The van der Waals surface area contributed by atoms with E-state index in [0.717, 1.165) is 36.8 Å². The first-order chi connectivity index (χ1) is 28.7. The van der Waals surface area contributed by atoms with Gasteiger partial charge in [0.05, 0.1) is 29.0 Å². The summed E-state index contributed by atoms with van der Waals surface area (Å²) in [7, 11) is 0. The summed E-state index contributed by atoms with van der Waals surface area (Å²) < 4.78 is 25.5. The van der Waals surface area contributed by atoms with Crippen LogP contribution in [0, 0.1) is 27.9 Å². The zero-order valence-corrected chi connectivity index (χ0v) is 34.6. The van der Waals surface area contributed by atoms with Gasteiger partial charge in [-0.1, -0.05) is 37.1 Å². The molecule has 3 aliphatic rings. The molecule has 1 fully saturated rings. The standard InChI is InChI=1S/C43H57ClN4O11/c1-4-20-47(42(52)55-24-19-44)38-27-36(46-57-28-29-13-15-31(16-14-29)48(53)54)34-25-30(11-7-9-21-49)33(12-8-10-22-50)39-35-26-32(58-41(51)45-6-3)17-18-37(35)59-43(38,40(34)39)56-23-5-2/h5,13-18,25-26,30,33,38-40,49-50H,2,4,6-12,19-24,27-28H2,1,3H3,(H,45,51). The van der Waals surface area contributed by atoms with Crippen molar-refractivity contribution in [3.05, 3.63) is 88.0 Å². The van der Waals surface area contributed by atoms with E-state index >= 15 is 0 Å². The molecule has 0 spiro atoms. The van der Waals surface area contributed by atoms with E-state index in [4.69, 9.17) is 40.5 Å². The van der Waals surface area contributed by atoms with Gasteiger partial charge in [0, 0.05) is 56.3 Å². The Balaban J connectivity index is 1.75. The fourth-order valence-corrected chi connectivity index (χ4v) is 8.80. The van der Waals surface area contributed by atoms with Crippen LogP contribution in [0.15, 0.2) is 71.9 Å². The second-order valence-corrected chi connectivity index (χ2v) is 15.3. The lowest BCUT2D eigenvalue weighted by Crippen LogP contribution is -2.70. The number of non-ortho nitro benzene ring substituents is 1. The molecule has 1 saturated carbocycles. The topological polar surface area (TPSA) is 192 Å². The number of carbonyl (C=O) groups is 2. The molecule has 0 aromatic heterocycles. The molecule has 2 aliphatic carbocycles. The summed E-state index contributed by atoms with van der Waals surface area (Å²) >= 11 is 5.99. The second-order valence-electron chi connectivity index (χ2n) is 14.9. The molecule has 1 heterocycles. The van der Waals surface area contributed by atoms with Gasteiger partial charge in [0.2, 0.25) is 5.79 Å². The average molecular weight is 841 g/mol. The van der Waals surface area contributed by atoms with Crippen LogP contribution in [-0.2, 0) is 20.9 Å². The Morgan fingerprint density at radius 3 is 2.53 bits per heavy atom. The monoisotopic (exact) mass is 840 g/mol. The number of carbonyl (C=O) groups excluding carboxylic acids is 2. The van der Waals surface area contributed by atoms with Gasteiger partial charge in [0.15, 0.2) is 0 Å². The van der Waals surface area contributed by atoms with E-state index in [1.54, 1.807) is 42.2 Å². The number of amides is 2. The van der Waals surface area contributed by atoms with Crippen molar-refractivity contribution in [2.75, 3.05) is 45.4 Å². The number of ether oxygens (including phenoxy) is 4. The van der Waals surface area contributed by atoms with Crippen molar-refractivity contribution in [1.29, 1.82) is 0 Å². The SMILES string of the molecule is C=CCOC12Oc3ccc(OC(=O)NCC)cc3C3C(CCCCO)C(CCCCO)C=C(C(=NOCc4ccc([N+](=O)[O-])cc4)CC1N(CCC)C(=O)OCCCl)C32. The second kappa shape index (κ2) is 22.1. The van der Waals surface area contributed by atoms with E-state index in [-0.39, 0.29) is 75.3 Å². The molecule has 5 rings (SSSR count). The third-order valence-corrected chi connectivity index (χ3v) is 11.3. The molecule has 3 N–H and O–H groups in total. The highest BCUT2D eigenvalue weighted by Crippen LogP contribution is 2.62. The number of aliphatic hydroxyl groups excluding tert-OH is 2. The molecule has 1 aliphatic heterocycles. The van der Waals surface area contributed by atoms with E-state index < -0.39 is 34.9 Å². The average Bonchev–Trinajstić information content (AvgIpc) is 3.23. The fraction of sp³-hybridized carbons (Fsp3) is 0.558. The van der Waals surface area contributed by atoms with Gasteiger partial charge in [-0.25, -0.2) is 9.59 Å². The smallest absolute Gasteiger partial charge is 0.412 e. The molecular formula is C43H57ClN4O11. The fourth-order valence-electron chi connectivity index (χ4n) is 8.72. The van der Waals surface area contributed by atoms with Crippen LogP contribution in [0.2, 0.25) is 0 Å². The van der Waals surface area contributed by atoms with E-state index in [0.29, 0.717) is 48.6 Å². The first-order valence-corrected chi connectivity index (χ1v) is 21.1. The van der Waals surface area contributed by atoms with Crippen LogP contribution in [0.1, 0.15) is 82.3 Å². The number of allylic oxidation sites excluding steroid dienone is 1. The third-order valence-electron chi connectivity index (χ3n) is 11.1. The molecule has 0 saturated heterocycles. The number of unbranched alkanes of at least 4 members (excludes halogenated alkanes) is 2. The van der Waals surface area contributed by atoms with Crippen LogP contribution in [0.25, 0.3) is 0 Å². The summed E-state index contributed by atoms with van der Waals surface area (Å²) in [6.45, 7) is 8.57. The molecule has 322 valence electrons. The maximum Gasteiger partial charge on any atom is 0.412 e. The summed E-state index contributed by atoms with van der Waals surface area (Å²) in [6.07, 6.45) is 7.56. The number of hydrogen-bond donors (Lipinski definition) is 3. The minimum Gasteiger partial charge on any atom is -0.459 e. The van der Waals surface area contributed by atoms with Gasteiger partial charge < -0.3 is 39.3 Å². The van der Waals surface area contributed by atoms with Gasteiger partial charge in [-0.15, -0.1) is 18.2 Å². The van der Waals surface area contributed by atoms with Crippen LogP contribution in [0.3, 0.4) is 0 Å². The van der Waals surface area contributed by atoms with Crippen molar-refractivity contribution < 1.29 is 48.5 Å². The molecule has 0 bridgehead atoms. The normalized spacial score (nSPS) is 23.5. The highest BCUT2D eigenvalue weighted by Gasteiger charge is 2.65. The number of hydrogen-bond acceptors (Lipinski definition) is 12. The lowest BCUT2D eigenvalue weighted by molar-refractivity contribution is -0.384. The zero-order chi connectivity index (χ0) is 42.4. The zero-order valence-electron chi connectivity index (χ0n) is 33.9. The largest absolute Gasteiger partial charge is 0.459 e. The van der Waals surface area contributed by atoms with Crippen LogP contribution in [-0.4, -0.2) is 95.2 Å². The number of nitrogens with one attached hydrogen (secondary N) is 1. The van der Waals surface area contributed by atoms with Crippen molar-refractivity contribution in [3.63, 3.8) is 0 Å². The number of nitro benzene ring substituents is 1. The van der Waals surface area contributed by atoms with Crippen LogP contribution in [0.5, 0.6) is 11.5 Å². The number of rotatable bonds is 22. The van der Waals surface area contributed by atoms with Gasteiger partial charge in [-0.05, 0) is 92.3 Å². The number of halogens is 1. The Kier molecular flexibility index (Phi) is 17.0. The van der Waals surface area contributed by atoms with E-state index in [9.17, 15) is 29.9 Å². The number of oxime groups is 1. The third kappa shape index (κ3) is 10.7. The highest BCUT2D eigenvalue weighted by molar-refractivity contribution is 6.18. The van der Waals surface area contributed by atoms with Crippen LogP contribution < -0.4 is 14.8 Å². The van der Waals surface area contributed by atoms with Crippen molar-refractivity contribution in [1.82, 2.24) is 10.2 Å². The number of alkyl halides is 1. The molecule has 59 heavy (non-hydrogen) atoms. The Labute approximate surface area is 350 Å². The maximum atomic E-state index is 14.1. The molecule has 0 radical (unpaired) electrons. The molecule has 6 unspecified atom stereocenters. The molecule has 16 heteroatoms. The summed E-state index contributed by atoms with van der Waals surface area (Å²) in [4.78, 5) is 45.3. The van der Waals surface area contributed by atoms with Crippen LogP contribution >= 0.6 is 11.6 Å². The molecule has 2 aromatic carbocycles. The quantitative estimate of drug-likeness (QED) is 0.0347. The maximum absolute atomic E-state index is 14.1. The van der Waals surface area contributed by atoms with Crippen LogP contribution in [0.4, 0.5) is 15.3 Å². The molecule has 6 atom stereocenters. The summed E-state index contributed by atoms with van der Waals surface area (Å²) in [6, 6.07) is 10.5. The number of aliphatic hydroxyl groups is 2. The molecule has 2 aromatic rings. The number of nitrogens with zero attached hydrogens (tertiary/aromatic N) is 3. The van der Waals surface area contributed by atoms with Gasteiger partial charge in [0.25, 0.3) is 5.69 Å². The molecule has 15 nitrogen and oxygen atoms in total. The number of nitro groups is 1. The lowest BCUT2D eigenvalue weighted by Gasteiger charge is -2.59. The van der Waals surface area contributed by atoms with E-state index in [1.807, 2.05) is 13.0 Å². The Morgan fingerprint density at radius 2 is 1.86 bits per heavy atom. The Hall–Kier alpha value is -4.70. The van der Waals surface area contributed by atoms with Gasteiger partial charge >= 0.3 is 12.2 Å². The number of benzene rings is 2. The van der Waals surface area contributed by atoms with Gasteiger partial charge in [0.1, 0.15) is 30.8 Å². The molecule has 2 amide bonds. The van der Waals surface area contributed by atoms with Gasteiger partial charge in [-0.3, -0.25) is 15.0 Å². The molecular weight excluding hydrogens is 784 g/mol. The summed E-state index contributed by atoms with van der Waals surface area (Å²) in [5.41, 5.74) is 2.81. The first-order valence-electron chi connectivity index (χ1n) is 20.5. The van der Waals surface area contributed by atoms with Crippen molar-refractivity contribution in [2.24, 2.45) is 22.9 Å². The van der Waals surface area contributed by atoms with Crippen molar-refractivity contribution in [3.8, 4) is 11.5 Å². The summed E-state index contributed by atoms with van der Waals surface area (Å²) in [5.74, 6) is -1.58. The predicted octanol–water partition coefficient (Wildman–Crippen LogP) is 7.62. The van der Waals surface area contributed by atoms with E-state index in [1.165, 1.54) is 12.1 Å². The Morgan fingerprint density at radius 1 is 1.12 bits per heavy atom. The number of fused-ring (bicyclic) bond motifs is 2. The minimum atomic E-state index is -1.50. The first kappa shape index (κ1) is 45.4. The highest BCUT2D eigenvalue weighted by atomic mass is 35.5. The van der Waals surface area contributed by atoms with Gasteiger partial charge in [-0.2, -0.15) is 0 Å². The van der Waals surface area contributed by atoms with E-state index in [2.05, 4.69) is 18.0 Å². The summed E-state index contributed by atoms with van der Waals surface area (Å²) in [5, 5.41) is 38.4. The predicted molar refractivity (Wildman–Crippen MR) is 222 cm³/mol. The lowest BCUT2D eigenvalue weighted by atomic mass is 9.55. The van der Waals surface area contributed by atoms with Crippen molar-refractivity contribution in [2.45, 2.75) is 89.6 Å². The van der Waals surface area contributed by atoms with Crippen molar-refractivity contribution >= 4 is 35.2 Å².